The smallest absolute Gasteiger partial charge is 0.123 e. The number of hydrogen-bond acceptors (Lipinski definition) is 2. The Labute approximate surface area is 112 Å². The lowest BCUT2D eigenvalue weighted by Gasteiger charge is -2.06. The highest BCUT2D eigenvalue weighted by Gasteiger charge is 2.02. The van der Waals surface area contributed by atoms with Crippen molar-refractivity contribution in [1.29, 1.82) is 0 Å². The summed E-state index contributed by atoms with van der Waals surface area (Å²) in [7, 11) is 0. The van der Waals surface area contributed by atoms with Crippen molar-refractivity contribution in [2.45, 2.75) is 10.6 Å². The molecular weight excluding hydrogens is 301 g/mol. The Bertz CT molecular complexity index is 531. The average molecular weight is 312 g/mol. The minimum absolute atomic E-state index is 0.203. The number of hydrogen-bond donors (Lipinski definition) is 1. The van der Waals surface area contributed by atoms with E-state index in [0.717, 1.165) is 20.6 Å². The summed E-state index contributed by atoms with van der Waals surface area (Å²) in [4.78, 5) is 1.00. The molecule has 88 valence electrons. The fraction of sp³-hybridized carbons (Fsp3) is 0.0769. The molecule has 0 aliphatic heterocycles. The van der Waals surface area contributed by atoms with Crippen LogP contribution in [0.15, 0.2) is 51.8 Å². The zero-order chi connectivity index (χ0) is 12.3. The van der Waals surface area contributed by atoms with Crippen LogP contribution >= 0.6 is 27.7 Å². The van der Waals surface area contributed by atoms with E-state index in [0.29, 0.717) is 5.75 Å². The van der Waals surface area contributed by atoms with E-state index < -0.39 is 0 Å². The van der Waals surface area contributed by atoms with Crippen LogP contribution in [0.5, 0.6) is 0 Å². The summed E-state index contributed by atoms with van der Waals surface area (Å²) >= 11 is 5.01. The first-order chi connectivity index (χ1) is 8.15. The summed E-state index contributed by atoms with van der Waals surface area (Å²) in [6.45, 7) is 0. The first-order valence-electron chi connectivity index (χ1n) is 5.07. The Morgan fingerprint density at radius 3 is 2.76 bits per heavy atom. The van der Waals surface area contributed by atoms with Gasteiger partial charge in [-0.1, -0.05) is 28.1 Å². The molecular formula is C13H11BrFNS. The van der Waals surface area contributed by atoms with Crippen molar-refractivity contribution >= 4 is 33.4 Å². The fourth-order valence-electron chi connectivity index (χ4n) is 1.42. The molecule has 0 spiro atoms. The van der Waals surface area contributed by atoms with Crippen LogP contribution in [0.3, 0.4) is 0 Å². The molecule has 0 aliphatic carbocycles. The summed E-state index contributed by atoms with van der Waals surface area (Å²) < 4.78 is 14.0. The summed E-state index contributed by atoms with van der Waals surface area (Å²) in [6, 6.07) is 12.3. The largest absolute Gasteiger partial charge is 0.398 e. The predicted octanol–water partition coefficient (Wildman–Crippen LogP) is 4.46. The topological polar surface area (TPSA) is 26.0 Å². The van der Waals surface area contributed by atoms with Crippen LogP contribution in [-0.2, 0) is 5.75 Å². The first kappa shape index (κ1) is 12.5. The van der Waals surface area contributed by atoms with Gasteiger partial charge in [-0.3, -0.25) is 0 Å². The standard InChI is InChI=1S/C13H11BrFNS/c14-10-4-5-12(16)13(7-10)17-8-9-2-1-3-11(15)6-9/h1-7H,8,16H2. The maximum absolute atomic E-state index is 13.0. The minimum Gasteiger partial charge on any atom is -0.398 e. The van der Waals surface area contributed by atoms with E-state index in [-0.39, 0.29) is 5.82 Å². The van der Waals surface area contributed by atoms with E-state index in [4.69, 9.17) is 5.73 Å². The molecule has 0 heterocycles. The lowest BCUT2D eigenvalue weighted by Crippen LogP contribution is -1.89. The number of benzene rings is 2. The van der Waals surface area contributed by atoms with E-state index in [1.54, 1.807) is 23.9 Å². The van der Waals surface area contributed by atoms with Gasteiger partial charge < -0.3 is 5.73 Å². The Kier molecular flexibility index (Phi) is 4.07. The van der Waals surface area contributed by atoms with Gasteiger partial charge in [-0.25, -0.2) is 4.39 Å². The van der Waals surface area contributed by atoms with E-state index >= 15 is 0 Å². The third-order valence-electron chi connectivity index (χ3n) is 2.26. The number of rotatable bonds is 3. The van der Waals surface area contributed by atoms with Gasteiger partial charge in [-0.05, 0) is 35.9 Å². The van der Waals surface area contributed by atoms with Crippen LogP contribution < -0.4 is 5.73 Å². The van der Waals surface area contributed by atoms with Gasteiger partial charge in [0.25, 0.3) is 0 Å². The Morgan fingerprint density at radius 1 is 1.18 bits per heavy atom. The van der Waals surface area contributed by atoms with Gasteiger partial charge in [-0.15, -0.1) is 11.8 Å². The molecule has 2 aromatic rings. The zero-order valence-corrected chi connectivity index (χ0v) is 11.4. The number of anilines is 1. The van der Waals surface area contributed by atoms with Crippen LogP contribution in [0.4, 0.5) is 10.1 Å². The zero-order valence-electron chi connectivity index (χ0n) is 8.99. The highest BCUT2D eigenvalue weighted by molar-refractivity contribution is 9.10. The molecule has 0 bridgehead atoms. The molecule has 0 unspecified atom stereocenters. The van der Waals surface area contributed by atoms with Crippen molar-refractivity contribution in [3.8, 4) is 0 Å². The van der Waals surface area contributed by atoms with Crippen molar-refractivity contribution in [3.63, 3.8) is 0 Å². The SMILES string of the molecule is Nc1ccc(Br)cc1SCc1cccc(F)c1. The molecule has 0 aliphatic rings. The highest BCUT2D eigenvalue weighted by Crippen LogP contribution is 2.30. The number of halogens is 2. The molecule has 2 rings (SSSR count). The van der Waals surface area contributed by atoms with E-state index in [1.165, 1.54) is 6.07 Å². The maximum atomic E-state index is 13.0. The monoisotopic (exact) mass is 311 g/mol. The number of nitrogens with two attached hydrogens (primary N) is 1. The molecule has 0 saturated heterocycles. The summed E-state index contributed by atoms with van der Waals surface area (Å²) in [5, 5.41) is 0. The van der Waals surface area contributed by atoms with E-state index in [1.807, 2.05) is 24.3 Å². The predicted molar refractivity (Wildman–Crippen MR) is 74.5 cm³/mol. The molecule has 0 fully saturated rings. The van der Waals surface area contributed by atoms with Gasteiger partial charge in [0.05, 0.1) is 0 Å². The number of nitrogen functional groups attached to an aromatic ring is 1. The Hall–Kier alpha value is -1.00. The van der Waals surface area contributed by atoms with Gasteiger partial charge in [-0.2, -0.15) is 0 Å². The lowest BCUT2D eigenvalue weighted by molar-refractivity contribution is 0.626. The molecule has 0 aromatic heterocycles. The third-order valence-corrected chi connectivity index (χ3v) is 3.89. The Morgan fingerprint density at radius 2 is 2.00 bits per heavy atom. The quantitative estimate of drug-likeness (QED) is 0.669. The van der Waals surface area contributed by atoms with Gasteiger partial charge in [0.15, 0.2) is 0 Å². The van der Waals surface area contributed by atoms with E-state index in [9.17, 15) is 4.39 Å². The van der Waals surface area contributed by atoms with Gasteiger partial charge in [0.2, 0.25) is 0 Å². The molecule has 0 saturated carbocycles. The lowest BCUT2D eigenvalue weighted by atomic mass is 10.2. The molecule has 2 N–H and O–H groups in total. The maximum Gasteiger partial charge on any atom is 0.123 e. The highest BCUT2D eigenvalue weighted by atomic mass is 79.9. The van der Waals surface area contributed by atoms with E-state index in [2.05, 4.69) is 15.9 Å². The summed E-state index contributed by atoms with van der Waals surface area (Å²) in [6.07, 6.45) is 0. The van der Waals surface area contributed by atoms with Crippen molar-refractivity contribution in [1.82, 2.24) is 0 Å². The number of thioether (sulfide) groups is 1. The molecule has 17 heavy (non-hydrogen) atoms. The third kappa shape index (κ3) is 3.48. The van der Waals surface area contributed by atoms with Crippen LogP contribution in [-0.4, -0.2) is 0 Å². The average Bonchev–Trinajstić information content (AvgIpc) is 2.30. The van der Waals surface area contributed by atoms with Crippen LogP contribution in [0.2, 0.25) is 0 Å². The summed E-state index contributed by atoms with van der Waals surface area (Å²) in [5.41, 5.74) is 7.57. The molecule has 1 nitrogen and oxygen atoms in total. The molecule has 0 atom stereocenters. The van der Waals surface area contributed by atoms with Crippen molar-refractivity contribution in [3.05, 3.63) is 58.3 Å². The second-order valence-electron chi connectivity index (χ2n) is 3.60. The van der Waals surface area contributed by atoms with Crippen LogP contribution in [0, 0.1) is 5.82 Å². The molecule has 4 heteroatoms. The second kappa shape index (κ2) is 5.56. The van der Waals surface area contributed by atoms with Crippen molar-refractivity contribution in [2.75, 3.05) is 5.73 Å². The second-order valence-corrected chi connectivity index (χ2v) is 5.53. The van der Waals surface area contributed by atoms with Crippen LogP contribution in [0.1, 0.15) is 5.56 Å². The first-order valence-corrected chi connectivity index (χ1v) is 6.85. The van der Waals surface area contributed by atoms with Gasteiger partial charge in [0, 0.05) is 20.8 Å². The van der Waals surface area contributed by atoms with Gasteiger partial charge >= 0.3 is 0 Å². The van der Waals surface area contributed by atoms with Crippen molar-refractivity contribution < 1.29 is 4.39 Å². The van der Waals surface area contributed by atoms with Crippen molar-refractivity contribution in [2.24, 2.45) is 0 Å². The molecule has 0 radical (unpaired) electrons. The fourth-order valence-corrected chi connectivity index (χ4v) is 2.88. The van der Waals surface area contributed by atoms with Gasteiger partial charge in [0.1, 0.15) is 5.82 Å². The Balaban J connectivity index is 2.09. The molecule has 2 aromatic carbocycles. The summed E-state index contributed by atoms with van der Waals surface area (Å²) in [5.74, 6) is 0.503. The normalized spacial score (nSPS) is 10.5. The van der Waals surface area contributed by atoms with Crippen LogP contribution in [0.25, 0.3) is 0 Å². The molecule has 0 amide bonds. The minimum atomic E-state index is -0.203.